The molecule has 1 nitrogen and oxygen atoms in total. The van der Waals surface area contributed by atoms with Crippen LogP contribution in [0.25, 0.3) is 0 Å². The van der Waals surface area contributed by atoms with Crippen molar-refractivity contribution in [3.63, 3.8) is 0 Å². The average molecular weight is 180 g/mol. The average Bonchev–Trinajstić information content (AvgIpc) is 2.56. The quantitative estimate of drug-likeness (QED) is 0.717. The zero-order valence-electron chi connectivity index (χ0n) is 6.86. The van der Waals surface area contributed by atoms with E-state index in [4.69, 9.17) is 0 Å². The molecule has 1 aliphatic rings. The van der Waals surface area contributed by atoms with E-state index < -0.39 is 0 Å². The van der Waals surface area contributed by atoms with Gasteiger partial charge in [-0.05, 0) is 36.3 Å². The summed E-state index contributed by atoms with van der Waals surface area (Å²) >= 11 is 1.99. The van der Waals surface area contributed by atoms with Gasteiger partial charge in [-0.2, -0.15) is 11.8 Å². The van der Waals surface area contributed by atoms with Gasteiger partial charge >= 0.3 is 0 Å². The van der Waals surface area contributed by atoms with Gasteiger partial charge in [-0.25, -0.2) is 0 Å². The lowest BCUT2D eigenvalue weighted by molar-refractivity contribution is 0.474. The molecule has 1 aromatic rings. The van der Waals surface area contributed by atoms with E-state index in [0.717, 1.165) is 0 Å². The lowest BCUT2D eigenvalue weighted by atomic mass is 10.1. The maximum atomic E-state index is 9.26. The fourth-order valence-electron chi connectivity index (χ4n) is 1.57. The Morgan fingerprint density at radius 2 is 2.33 bits per heavy atom. The molecular formula is C10H12OS. The van der Waals surface area contributed by atoms with E-state index in [2.05, 4.69) is 6.07 Å². The number of hydrogen-bond donors (Lipinski definition) is 1. The molecule has 12 heavy (non-hydrogen) atoms. The molecule has 0 aromatic heterocycles. The number of phenolic OH excluding ortho intramolecular Hbond substituents is 1. The molecule has 1 atom stereocenters. The van der Waals surface area contributed by atoms with E-state index in [1.807, 2.05) is 23.9 Å². The molecule has 1 N–H and O–H groups in total. The summed E-state index contributed by atoms with van der Waals surface area (Å²) in [7, 11) is 0. The van der Waals surface area contributed by atoms with E-state index in [9.17, 15) is 5.11 Å². The Bertz CT molecular complexity index is 266. The predicted octanol–water partition coefficient (Wildman–Crippen LogP) is 2.96. The van der Waals surface area contributed by atoms with Gasteiger partial charge in [0.05, 0.1) is 0 Å². The van der Waals surface area contributed by atoms with Crippen molar-refractivity contribution in [2.24, 2.45) is 0 Å². The smallest absolute Gasteiger partial charge is 0.115 e. The van der Waals surface area contributed by atoms with E-state index in [-0.39, 0.29) is 0 Å². The molecule has 1 fully saturated rings. The summed E-state index contributed by atoms with van der Waals surface area (Å²) in [5, 5.41) is 9.89. The van der Waals surface area contributed by atoms with Crippen LogP contribution >= 0.6 is 11.8 Å². The molecule has 0 bridgehead atoms. The van der Waals surface area contributed by atoms with Crippen molar-refractivity contribution in [1.29, 1.82) is 0 Å². The topological polar surface area (TPSA) is 20.2 Å². The standard InChI is InChI=1S/C10H12OS/c11-9-4-1-3-8(7-9)10-5-2-6-12-10/h1,3-4,7,10-11H,2,5-6H2. The Morgan fingerprint density at radius 1 is 1.42 bits per heavy atom. The van der Waals surface area contributed by atoms with Crippen LogP contribution in [0, 0.1) is 0 Å². The number of aromatic hydroxyl groups is 1. The van der Waals surface area contributed by atoms with Crippen molar-refractivity contribution in [2.75, 3.05) is 5.75 Å². The first-order valence-electron chi connectivity index (χ1n) is 4.27. The summed E-state index contributed by atoms with van der Waals surface area (Å²) in [6.07, 6.45) is 2.57. The van der Waals surface area contributed by atoms with Crippen LogP contribution in [0.4, 0.5) is 0 Å². The largest absolute Gasteiger partial charge is 0.508 e. The van der Waals surface area contributed by atoms with Crippen molar-refractivity contribution in [3.05, 3.63) is 29.8 Å². The van der Waals surface area contributed by atoms with Gasteiger partial charge in [-0.3, -0.25) is 0 Å². The van der Waals surface area contributed by atoms with Crippen molar-refractivity contribution in [2.45, 2.75) is 18.1 Å². The highest BCUT2D eigenvalue weighted by Crippen LogP contribution is 2.40. The maximum Gasteiger partial charge on any atom is 0.115 e. The van der Waals surface area contributed by atoms with Gasteiger partial charge in [0.2, 0.25) is 0 Å². The second kappa shape index (κ2) is 3.40. The SMILES string of the molecule is Oc1cccc(C2CCCS2)c1. The van der Waals surface area contributed by atoms with Crippen molar-refractivity contribution in [3.8, 4) is 5.75 Å². The van der Waals surface area contributed by atoms with Crippen LogP contribution in [0.1, 0.15) is 23.7 Å². The molecule has 1 heterocycles. The highest BCUT2D eigenvalue weighted by molar-refractivity contribution is 7.99. The molecular weight excluding hydrogens is 168 g/mol. The minimum absolute atomic E-state index is 0.389. The third kappa shape index (κ3) is 1.58. The summed E-state index contributed by atoms with van der Waals surface area (Å²) < 4.78 is 0. The predicted molar refractivity (Wildman–Crippen MR) is 52.5 cm³/mol. The number of hydrogen-bond acceptors (Lipinski definition) is 2. The van der Waals surface area contributed by atoms with Crippen LogP contribution < -0.4 is 0 Å². The molecule has 1 aliphatic heterocycles. The lowest BCUT2D eigenvalue weighted by Crippen LogP contribution is -1.86. The minimum Gasteiger partial charge on any atom is -0.508 e. The number of phenols is 1. The number of benzene rings is 1. The van der Waals surface area contributed by atoms with Gasteiger partial charge in [-0.1, -0.05) is 12.1 Å². The van der Waals surface area contributed by atoms with Crippen LogP contribution in [-0.4, -0.2) is 10.9 Å². The molecule has 1 unspecified atom stereocenters. The van der Waals surface area contributed by atoms with Crippen LogP contribution in [0.5, 0.6) is 5.75 Å². The van der Waals surface area contributed by atoms with Gasteiger partial charge in [0, 0.05) is 5.25 Å². The van der Waals surface area contributed by atoms with Gasteiger partial charge in [0.1, 0.15) is 5.75 Å². The van der Waals surface area contributed by atoms with Crippen molar-refractivity contribution < 1.29 is 5.11 Å². The minimum atomic E-state index is 0.389. The van der Waals surface area contributed by atoms with Gasteiger partial charge in [-0.15, -0.1) is 0 Å². The summed E-state index contributed by atoms with van der Waals surface area (Å²) in [6.45, 7) is 0. The zero-order valence-corrected chi connectivity index (χ0v) is 7.68. The molecule has 0 saturated carbocycles. The Labute approximate surface area is 76.8 Å². The molecule has 1 saturated heterocycles. The Morgan fingerprint density at radius 3 is 3.00 bits per heavy atom. The van der Waals surface area contributed by atoms with E-state index in [0.29, 0.717) is 11.0 Å². The Kier molecular flexibility index (Phi) is 2.26. The summed E-state index contributed by atoms with van der Waals surface area (Å²) in [5.74, 6) is 1.65. The van der Waals surface area contributed by atoms with Gasteiger partial charge in [0.25, 0.3) is 0 Å². The van der Waals surface area contributed by atoms with Crippen LogP contribution in [0.3, 0.4) is 0 Å². The molecule has 0 amide bonds. The third-order valence-corrected chi connectivity index (χ3v) is 3.61. The van der Waals surface area contributed by atoms with Gasteiger partial charge in [0.15, 0.2) is 0 Å². The Hall–Kier alpha value is -0.630. The van der Waals surface area contributed by atoms with Crippen LogP contribution in [-0.2, 0) is 0 Å². The summed E-state index contributed by atoms with van der Waals surface area (Å²) in [4.78, 5) is 0. The molecule has 2 heteroatoms. The molecule has 2 rings (SSSR count). The van der Waals surface area contributed by atoms with Crippen LogP contribution in [0.2, 0.25) is 0 Å². The molecule has 1 aromatic carbocycles. The normalized spacial score (nSPS) is 22.8. The highest BCUT2D eigenvalue weighted by Gasteiger charge is 2.17. The van der Waals surface area contributed by atoms with E-state index in [1.165, 1.54) is 24.2 Å². The zero-order chi connectivity index (χ0) is 8.39. The monoisotopic (exact) mass is 180 g/mol. The van der Waals surface area contributed by atoms with Gasteiger partial charge < -0.3 is 5.11 Å². The molecule has 0 aliphatic carbocycles. The fraction of sp³-hybridized carbons (Fsp3) is 0.400. The second-order valence-corrected chi connectivity index (χ2v) is 4.41. The first-order valence-corrected chi connectivity index (χ1v) is 5.32. The maximum absolute atomic E-state index is 9.26. The summed E-state index contributed by atoms with van der Waals surface area (Å²) in [5.41, 5.74) is 1.28. The van der Waals surface area contributed by atoms with Crippen molar-refractivity contribution >= 4 is 11.8 Å². The van der Waals surface area contributed by atoms with E-state index in [1.54, 1.807) is 6.07 Å². The molecule has 0 radical (unpaired) electrons. The van der Waals surface area contributed by atoms with E-state index >= 15 is 0 Å². The summed E-state index contributed by atoms with van der Waals surface area (Å²) in [6, 6.07) is 7.62. The first kappa shape index (κ1) is 7.99. The third-order valence-electron chi connectivity index (χ3n) is 2.17. The van der Waals surface area contributed by atoms with Crippen LogP contribution in [0.15, 0.2) is 24.3 Å². The molecule has 0 spiro atoms. The lowest BCUT2D eigenvalue weighted by Gasteiger charge is -2.08. The highest BCUT2D eigenvalue weighted by atomic mass is 32.2. The van der Waals surface area contributed by atoms with Crippen molar-refractivity contribution in [1.82, 2.24) is 0 Å². The Balaban J connectivity index is 2.21. The first-order chi connectivity index (χ1) is 5.86. The number of thioether (sulfide) groups is 1. The second-order valence-electron chi connectivity index (χ2n) is 3.10. The fourth-order valence-corrected chi connectivity index (χ4v) is 2.86. The number of rotatable bonds is 1. The molecule has 64 valence electrons.